The lowest BCUT2D eigenvalue weighted by atomic mass is 10.2. The molecule has 0 unspecified atom stereocenters. The molecule has 0 saturated carbocycles. The number of benzene rings is 2. The predicted octanol–water partition coefficient (Wildman–Crippen LogP) is 2.55. The Kier molecular flexibility index (Phi) is 4.92. The summed E-state index contributed by atoms with van der Waals surface area (Å²) in [6.07, 6.45) is 1.03. The Morgan fingerprint density at radius 2 is 1.81 bits per heavy atom. The molecule has 1 heterocycles. The summed E-state index contributed by atoms with van der Waals surface area (Å²) in [5, 5.41) is 4.36. The average Bonchev–Trinajstić information content (AvgIpc) is 3.08. The van der Waals surface area contributed by atoms with E-state index in [1.807, 2.05) is 0 Å². The Labute approximate surface area is 154 Å². The fourth-order valence-corrected chi connectivity index (χ4v) is 3.16. The van der Waals surface area contributed by atoms with Gasteiger partial charge in [-0.05, 0) is 36.4 Å². The second kappa shape index (κ2) is 7.14. The third kappa shape index (κ3) is 4.01. The van der Waals surface area contributed by atoms with Crippen LogP contribution >= 0.6 is 11.6 Å². The molecule has 0 aliphatic carbocycles. The Morgan fingerprint density at radius 3 is 2.50 bits per heavy atom. The van der Waals surface area contributed by atoms with Crippen molar-refractivity contribution in [1.82, 2.24) is 15.6 Å². The molecule has 2 N–H and O–H groups in total. The number of nitrogens with zero attached hydrogens (tertiary/aromatic N) is 2. The maximum atomic E-state index is 12.3. The van der Waals surface area contributed by atoms with Crippen LogP contribution in [0.5, 0.6) is 0 Å². The number of anilines is 1. The molecule has 0 aliphatic rings. The number of aromatic nitrogens is 2. The monoisotopic (exact) mass is 392 g/mol. The van der Waals surface area contributed by atoms with Gasteiger partial charge in [0.05, 0.1) is 10.5 Å². The molecule has 0 radical (unpaired) electrons. The fourth-order valence-electron chi connectivity index (χ4n) is 2.15. The first-order chi connectivity index (χ1) is 12.3. The number of carbonyl (C=O) groups excluding carboxylic acids is 1. The molecule has 3 rings (SSSR count). The van der Waals surface area contributed by atoms with Gasteiger partial charge >= 0.3 is 6.01 Å². The van der Waals surface area contributed by atoms with Gasteiger partial charge in [-0.1, -0.05) is 28.9 Å². The summed E-state index contributed by atoms with van der Waals surface area (Å²) in [6, 6.07) is 12.6. The molecule has 0 fully saturated rings. The predicted molar refractivity (Wildman–Crippen MR) is 95.4 cm³/mol. The van der Waals surface area contributed by atoms with Gasteiger partial charge in [-0.2, -0.15) is 4.98 Å². The number of rotatable bonds is 5. The van der Waals surface area contributed by atoms with Crippen LogP contribution in [-0.4, -0.2) is 30.7 Å². The lowest BCUT2D eigenvalue weighted by Crippen LogP contribution is -2.30. The Balaban J connectivity index is 1.72. The molecule has 1 amide bonds. The Bertz CT molecular complexity index is 1050. The van der Waals surface area contributed by atoms with Crippen LogP contribution in [0.25, 0.3) is 11.4 Å². The first kappa shape index (κ1) is 17.9. The van der Waals surface area contributed by atoms with E-state index in [-0.39, 0.29) is 16.5 Å². The number of carbonyl (C=O) groups is 1. The van der Waals surface area contributed by atoms with E-state index in [0.29, 0.717) is 16.4 Å². The van der Waals surface area contributed by atoms with Crippen molar-refractivity contribution in [3.63, 3.8) is 0 Å². The van der Waals surface area contributed by atoms with Gasteiger partial charge in [0.25, 0.3) is 5.91 Å². The number of halogens is 1. The molecule has 0 saturated heterocycles. The zero-order chi connectivity index (χ0) is 18.7. The fraction of sp³-hybridized carbons (Fsp3) is 0.0625. The van der Waals surface area contributed by atoms with Crippen molar-refractivity contribution < 1.29 is 17.7 Å². The number of hydrogen-bond acceptors (Lipinski definition) is 7. The molecule has 0 aliphatic heterocycles. The SMILES string of the molecule is CS(=O)(=O)c1ccccc1C(=O)NNc1nc(-c2ccc(Cl)cc2)no1. The summed E-state index contributed by atoms with van der Waals surface area (Å²) in [7, 11) is -3.55. The van der Waals surface area contributed by atoms with E-state index in [9.17, 15) is 13.2 Å². The molecule has 3 aromatic rings. The maximum absolute atomic E-state index is 12.3. The van der Waals surface area contributed by atoms with Gasteiger partial charge in [0, 0.05) is 16.8 Å². The largest absolute Gasteiger partial charge is 0.340 e. The number of nitrogens with one attached hydrogen (secondary N) is 2. The number of sulfone groups is 1. The van der Waals surface area contributed by atoms with Gasteiger partial charge in [-0.3, -0.25) is 10.2 Å². The number of hydrazine groups is 1. The summed E-state index contributed by atoms with van der Waals surface area (Å²) in [6.45, 7) is 0. The van der Waals surface area contributed by atoms with Crippen LogP contribution in [0.2, 0.25) is 5.02 Å². The molecule has 1 aromatic heterocycles. The molecular formula is C16H13ClN4O4S. The van der Waals surface area contributed by atoms with Crippen LogP contribution in [0.1, 0.15) is 10.4 Å². The van der Waals surface area contributed by atoms with Crippen molar-refractivity contribution in [2.45, 2.75) is 4.90 Å². The van der Waals surface area contributed by atoms with Crippen molar-refractivity contribution in [2.24, 2.45) is 0 Å². The molecule has 134 valence electrons. The minimum atomic E-state index is -3.55. The van der Waals surface area contributed by atoms with E-state index in [2.05, 4.69) is 21.0 Å². The molecule has 2 aromatic carbocycles. The van der Waals surface area contributed by atoms with Gasteiger partial charge in [0.1, 0.15) is 0 Å². The van der Waals surface area contributed by atoms with Gasteiger partial charge in [0.15, 0.2) is 9.84 Å². The second-order valence-electron chi connectivity index (χ2n) is 5.28. The minimum Gasteiger partial charge on any atom is -0.313 e. The van der Waals surface area contributed by atoms with Gasteiger partial charge in [-0.15, -0.1) is 0 Å². The van der Waals surface area contributed by atoms with Crippen LogP contribution in [0.15, 0.2) is 57.9 Å². The molecule has 0 atom stereocenters. The van der Waals surface area contributed by atoms with E-state index in [1.165, 1.54) is 18.2 Å². The highest BCUT2D eigenvalue weighted by molar-refractivity contribution is 7.90. The third-order valence-electron chi connectivity index (χ3n) is 3.34. The average molecular weight is 393 g/mol. The van der Waals surface area contributed by atoms with Crippen molar-refractivity contribution >= 4 is 33.4 Å². The van der Waals surface area contributed by atoms with Gasteiger partial charge < -0.3 is 4.52 Å². The zero-order valence-corrected chi connectivity index (χ0v) is 15.0. The third-order valence-corrected chi connectivity index (χ3v) is 4.75. The molecule has 0 spiro atoms. The summed E-state index contributed by atoms with van der Waals surface area (Å²) in [4.78, 5) is 16.3. The molecule has 26 heavy (non-hydrogen) atoms. The van der Waals surface area contributed by atoms with E-state index >= 15 is 0 Å². The van der Waals surface area contributed by atoms with E-state index in [4.69, 9.17) is 16.1 Å². The molecule has 10 heteroatoms. The van der Waals surface area contributed by atoms with Crippen molar-refractivity contribution in [2.75, 3.05) is 11.7 Å². The van der Waals surface area contributed by atoms with Crippen LogP contribution in [-0.2, 0) is 9.84 Å². The highest BCUT2D eigenvalue weighted by Gasteiger charge is 2.18. The zero-order valence-electron chi connectivity index (χ0n) is 13.4. The number of amides is 1. The van der Waals surface area contributed by atoms with Crippen molar-refractivity contribution in [3.05, 3.63) is 59.1 Å². The highest BCUT2D eigenvalue weighted by Crippen LogP contribution is 2.20. The highest BCUT2D eigenvalue weighted by atomic mass is 35.5. The number of hydrogen-bond donors (Lipinski definition) is 2. The molecule has 8 nitrogen and oxygen atoms in total. The second-order valence-corrected chi connectivity index (χ2v) is 7.70. The standard InChI is InChI=1S/C16H13ClN4O4S/c1-26(23,24)13-5-3-2-4-12(13)15(22)19-20-16-18-14(21-25-16)10-6-8-11(17)9-7-10/h2-9H,1H3,(H,19,22)(H,18,20,21). The van der Waals surface area contributed by atoms with Gasteiger partial charge in [0.2, 0.25) is 5.82 Å². The summed E-state index contributed by atoms with van der Waals surface area (Å²) < 4.78 is 28.5. The smallest absolute Gasteiger partial charge is 0.313 e. The van der Waals surface area contributed by atoms with Crippen LogP contribution in [0.3, 0.4) is 0 Å². The topological polar surface area (TPSA) is 114 Å². The van der Waals surface area contributed by atoms with Crippen molar-refractivity contribution in [3.8, 4) is 11.4 Å². The van der Waals surface area contributed by atoms with E-state index in [0.717, 1.165) is 6.26 Å². The maximum Gasteiger partial charge on any atom is 0.340 e. The van der Waals surface area contributed by atoms with E-state index < -0.39 is 15.7 Å². The van der Waals surface area contributed by atoms with Crippen molar-refractivity contribution in [1.29, 1.82) is 0 Å². The summed E-state index contributed by atoms with van der Waals surface area (Å²) in [5.74, 6) is -0.354. The lowest BCUT2D eigenvalue weighted by Gasteiger charge is -2.08. The summed E-state index contributed by atoms with van der Waals surface area (Å²) in [5.41, 5.74) is 5.47. The quantitative estimate of drug-likeness (QED) is 0.641. The van der Waals surface area contributed by atoms with Crippen LogP contribution in [0, 0.1) is 0 Å². The minimum absolute atomic E-state index is 0.0000555. The van der Waals surface area contributed by atoms with E-state index in [1.54, 1.807) is 30.3 Å². The summed E-state index contributed by atoms with van der Waals surface area (Å²) >= 11 is 5.83. The Hall–Kier alpha value is -2.91. The lowest BCUT2D eigenvalue weighted by molar-refractivity contribution is 0.0957. The van der Waals surface area contributed by atoms with Crippen LogP contribution < -0.4 is 10.9 Å². The molecule has 0 bridgehead atoms. The van der Waals surface area contributed by atoms with Gasteiger partial charge in [-0.25, -0.2) is 13.8 Å². The Morgan fingerprint density at radius 1 is 1.12 bits per heavy atom. The first-order valence-corrected chi connectivity index (χ1v) is 9.56. The molecular weight excluding hydrogens is 380 g/mol. The first-order valence-electron chi connectivity index (χ1n) is 7.30. The van der Waals surface area contributed by atoms with Crippen LogP contribution in [0.4, 0.5) is 6.01 Å². The normalized spacial score (nSPS) is 11.2.